The van der Waals surface area contributed by atoms with Gasteiger partial charge in [-0.1, -0.05) is 23.7 Å². The third-order valence-corrected chi connectivity index (χ3v) is 6.69. The van der Waals surface area contributed by atoms with Gasteiger partial charge in [0.1, 0.15) is 5.75 Å². The number of hydrogen-bond donors (Lipinski definition) is 1. The smallest absolute Gasteiger partial charge is 0.238 e. The average Bonchev–Trinajstić information content (AvgIpc) is 2.74. The van der Waals surface area contributed by atoms with Crippen molar-refractivity contribution in [1.82, 2.24) is 4.90 Å². The topological polar surface area (TPSA) is 61.9 Å². The molecule has 1 saturated heterocycles. The highest BCUT2D eigenvalue weighted by Gasteiger charge is 2.32. The van der Waals surface area contributed by atoms with Crippen molar-refractivity contribution in [3.8, 4) is 5.75 Å². The van der Waals surface area contributed by atoms with Crippen LogP contribution in [-0.2, 0) is 9.59 Å². The molecule has 2 aliphatic heterocycles. The summed E-state index contributed by atoms with van der Waals surface area (Å²) in [5.41, 5.74) is 1.75. The van der Waals surface area contributed by atoms with Gasteiger partial charge in [0, 0.05) is 42.5 Å². The Labute approximate surface area is 179 Å². The zero-order valence-corrected chi connectivity index (χ0v) is 17.6. The van der Waals surface area contributed by atoms with Crippen LogP contribution in [0.2, 0.25) is 5.02 Å². The number of halogens is 1. The molecule has 0 aromatic heterocycles. The molecule has 2 heterocycles. The van der Waals surface area contributed by atoms with Gasteiger partial charge in [0.05, 0.1) is 23.7 Å². The van der Waals surface area contributed by atoms with E-state index in [0.29, 0.717) is 23.8 Å². The summed E-state index contributed by atoms with van der Waals surface area (Å²) in [6.07, 6.45) is 0.188. The second kappa shape index (κ2) is 8.55. The van der Waals surface area contributed by atoms with Crippen molar-refractivity contribution in [2.24, 2.45) is 0 Å². The van der Waals surface area contributed by atoms with Crippen LogP contribution in [0.25, 0.3) is 0 Å². The number of fused-ring (bicyclic) bond motifs is 1. The fourth-order valence-corrected chi connectivity index (χ4v) is 4.89. The number of carbonyl (C=O) groups excluding carboxylic acids is 2. The largest absolute Gasteiger partial charge is 0.495 e. The van der Waals surface area contributed by atoms with Crippen LogP contribution in [0, 0.1) is 0 Å². The molecule has 8 heteroatoms. The zero-order chi connectivity index (χ0) is 20.4. The first kappa shape index (κ1) is 19.9. The van der Waals surface area contributed by atoms with Crippen LogP contribution in [0.1, 0.15) is 6.42 Å². The summed E-state index contributed by atoms with van der Waals surface area (Å²) in [6, 6.07) is 13.3. The Balaban J connectivity index is 1.35. The Morgan fingerprint density at radius 3 is 2.72 bits per heavy atom. The monoisotopic (exact) mass is 431 g/mol. The summed E-state index contributed by atoms with van der Waals surface area (Å²) in [6.45, 7) is 2.72. The van der Waals surface area contributed by atoms with E-state index in [0.717, 1.165) is 29.4 Å². The molecule has 1 atom stereocenters. The Morgan fingerprint density at radius 1 is 1.21 bits per heavy atom. The van der Waals surface area contributed by atoms with Crippen molar-refractivity contribution in [2.45, 2.75) is 16.6 Å². The van der Waals surface area contributed by atoms with E-state index in [2.05, 4.69) is 10.2 Å². The average molecular weight is 432 g/mol. The summed E-state index contributed by atoms with van der Waals surface area (Å²) in [5, 5.41) is 3.01. The first-order chi connectivity index (χ1) is 14.0. The molecule has 2 amide bonds. The maximum Gasteiger partial charge on any atom is 0.238 e. The van der Waals surface area contributed by atoms with Crippen molar-refractivity contribution in [3.05, 3.63) is 47.5 Å². The standard InChI is InChI=1S/C21H22ClN3O3S/c1-28-17-5-3-2-4-16(17)24-8-10-25(11-9-24)20(26)13-19-21(27)23-15-12-14(22)6-7-18(15)29-19/h2-7,12,19H,8-11,13H2,1H3,(H,23,27)/t19-/m0/s1. The molecule has 0 unspecified atom stereocenters. The number of hydrogen-bond acceptors (Lipinski definition) is 5. The highest BCUT2D eigenvalue weighted by atomic mass is 35.5. The van der Waals surface area contributed by atoms with E-state index in [1.807, 2.05) is 35.2 Å². The Morgan fingerprint density at radius 2 is 1.97 bits per heavy atom. The molecule has 0 aliphatic carbocycles. The molecule has 29 heavy (non-hydrogen) atoms. The van der Waals surface area contributed by atoms with E-state index in [9.17, 15) is 9.59 Å². The van der Waals surface area contributed by atoms with Crippen molar-refractivity contribution < 1.29 is 14.3 Å². The maximum atomic E-state index is 12.8. The lowest BCUT2D eigenvalue weighted by Crippen LogP contribution is -2.49. The second-order valence-corrected chi connectivity index (χ2v) is 8.66. The number of nitrogens with one attached hydrogen (secondary N) is 1. The van der Waals surface area contributed by atoms with Gasteiger partial charge < -0.3 is 19.9 Å². The molecule has 0 spiro atoms. The van der Waals surface area contributed by atoms with Crippen LogP contribution in [0.15, 0.2) is 47.4 Å². The van der Waals surface area contributed by atoms with E-state index in [-0.39, 0.29) is 18.2 Å². The van der Waals surface area contributed by atoms with Gasteiger partial charge in [-0.2, -0.15) is 0 Å². The predicted molar refractivity (Wildman–Crippen MR) is 116 cm³/mol. The summed E-state index contributed by atoms with van der Waals surface area (Å²) in [5.74, 6) is 0.696. The van der Waals surface area contributed by atoms with Crippen LogP contribution in [0.4, 0.5) is 11.4 Å². The minimum absolute atomic E-state index is 0.00902. The van der Waals surface area contributed by atoms with Gasteiger partial charge in [0.2, 0.25) is 11.8 Å². The number of rotatable bonds is 4. The summed E-state index contributed by atoms with van der Waals surface area (Å²) in [4.78, 5) is 30.2. The molecule has 2 aromatic carbocycles. The normalized spacial score (nSPS) is 18.8. The molecule has 2 aromatic rings. The third kappa shape index (κ3) is 4.31. The number of anilines is 2. The Kier molecular flexibility index (Phi) is 5.87. The van der Waals surface area contributed by atoms with E-state index < -0.39 is 5.25 Å². The van der Waals surface area contributed by atoms with Gasteiger partial charge in [-0.05, 0) is 30.3 Å². The quantitative estimate of drug-likeness (QED) is 0.802. The van der Waals surface area contributed by atoms with Gasteiger partial charge in [-0.3, -0.25) is 9.59 Å². The van der Waals surface area contributed by atoms with Crippen LogP contribution in [-0.4, -0.2) is 55.3 Å². The minimum atomic E-state index is -0.427. The molecular formula is C21H22ClN3O3S. The second-order valence-electron chi connectivity index (χ2n) is 6.98. The van der Waals surface area contributed by atoms with Crippen LogP contribution >= 0.6 is 23.4 Å². The number of ether oxygens (including phenoxy) is 1. The fourth-order valence-electron chi connectivity index (χ4n) is 3.63. The van der Waals surface area contributed by atoms with Gasteiger partial charge in [-0.25, -0.2) is 0 Å². The third-order valence-electron chi connectivity index (χ3n) is 5.18. The van der Waals surface area contributed by atoms with Crippen molar-refractivity contribution in [3.63, 3.8) is 0 Å². The van der Waals surface area contributed by atoms with Crippen molar-refractivity contribution in [1.29, 1.82) is 0 Å². The van der Waals surface area contributed by atoms with E-state index in [1.54, 1.807) is 19.2 Å². The number of carbonyl (C=O) groups is 2. The first-order valence-corrected chi connectivity index (χ1v) is 10.7. The molecule has 152 valence electrons. The van der Waals surface area contributed by atoms with Crippen molar-refractivity contribution in [2.75, 3.05) is 43.5 Å². The maximum absolute atomic E-state index is 12.8. The highest BCUT2D eigenvalue weighted by Crippen LogP contribution is 2.38. The summed E-state index contributed by atoms with van der Waals surface area (Å²) < 4.78 is 5.44. The van der Waals surface area contributed by atoms with E-state index >= 15 is 0 Å². The van der Waals surface area contributed by atoms with Crippen molar-refractivity contribution >= 4 is 46.6 Å². The molecule has 4 rings (SSSR count). The lowest BCUT2D eigenvalue weighted by Gasteiger charge is -2.37. The molecule has 2 aliphatic rings. The molecule has 1 fully saturated rings. The van der Waals surface area contributed by atoms with Gasteiger partial charge in [0.25, 0.3) is 0 Å². The van der Waals surface area contributed by atoms with Crippen LogP contribution in [0.5, 0.6) is 5.75 Å². The number of piperazine rings is 1. The minimum Gasteiger partial charge on any atom is -0.495 e. The van der Waals surface area contributed by atoms with Gasteiger partial charge in [-0.15, -0.1) is 11.8 Å². The van der Waals surface area contributed by atoms with E-state index in [4.69, 9.17) is 16.3 Å². The van der Waals surface area contributed by atoms with Gasteiger partial charge >= 0.3 is 0 Å². The molecule has 0 saturated carbocycles. The molecule has 0 bridgehead atoms. The molecule has 6 nitrogen and oxygen atoms in total. The van der Waals surface area contributed by atoms with Crippen LogP contribution < -0.4 is 15.0 Å². The summed E-state index contributed by atoms with van der Waals surface area (Å²) >= 11 is 7.41. The Hall–Kier alpha value is -2.38. The highest BCUT2D eigenvalue weighted by molar-refractivity contribution is 8.01. The molecule has 1 N–H and O–H groups in total. The predicted octanol–water partition coefficient (Wildman–Crippen LogP) is 3.50. The number of thioether (sulfide) groups is 1. The number of benzene rings is 2. The molecule has 0 radical (unpaired) electrons. The lowest BCUT2D eigenvalue weighted by molar-refractivity contribution is -0.132. The summed E-state index contributed by atoms with van der Waals surface area (Å²) in [7, 11) is 1.66. The number of nitrogens with zero attached hydrogens (tertiary/aromatic N) is 2. The fraction of sp³-hybridized carbons (Fsp3) is 0.333. The molecular weight excluding hydrogens is 410 g/mol. The lowest BCUT2D eigenvalue weighted by atomic mass is 10.2. The SMILES string of the molecule is COc1ccccc1N1CCN(C(=O)C[C@@H]2Sc3ccc(Cl)cc3NC2=O)CC1. The number of methoxy groups -OCH3 is 1. The Bertz CT molecular complexity index is 931. The van der Waals surface area contributed by atoms with Crippen LogP contribution in [0.3, 0.4) is 0 Å². The van der Waals surface area contributed by atoms with E-state index in [1.165, 1.54) is 11.8 Å². The first-order valence-electron chi connectivity index (χ1n) is 9.48. The number of para-hydroxylation sites is 2. The van der Waals surface area contributed by atoms with Gasteiger partial charge in [0.15, 0.2) is 0 Å². The number of amides is 2. The zero-order valence-electron chi connectivity index (χ0n) is 16.1.